The van der Waals surface area contributed by atoms with Gasteiger partial charge in [0.25, 0.3) is 0 Å². The fourth-order valence-electron chi connectivity index (χ4n) is 4.34. The normalized spacial score (nSPS) is 13.7. The highest BCUT2D eigenvalue weighted by atomic mass is 35.5. The van der Waals surface area contributed by atoms with E-state index in [1.165, 1.54) is 11.1 Å². The highest BCUT2D eigenvalue weighted by Gasteiger charge is 2.19. The molecule has 0 radical (unpaired) electrons. The third kappa shape index (κ3) is 5.28. The van der Waals surface area contributed by atoms with Gasteiger partial charge in [-0.2, -0.15) is 0 Å². The first-order valence-corrected chi connectivity index (χ1v) is 11.7. The van der Waals surface area contributed by atoms with Crippen LogP contribution in [0.1, 0.15) is 36.0 Å². The Morgan fingerprint density at radius 3 is 2.55 bits per heavy atom. The SMILES string of the molecule is COc1cc2c(cc1OC)CN(CCCCCOc1ccc3c(C)c(Cl)c(=O)oc3c1)CC2. The molecule has 4 rings (SSSR count). The molecule has 6 nitrogen and oxygen atoms in total. The molecule has 0 bridgehead atoms. The second-order valence-corrected chi connectivity index (χ2v) is 8.78. The predicted molar refractivity (Wildman–Crippen MR) is 130 cm³/mol. The Kier molecular flexibility index (Phi) is 7.46. The van der Waals surface area contributed by atoms with Crippen LogP contribution in [0.15, 0.2) is 39.5 Å². The predicted octanol–water partition coefficient (Wildman–Crippen LogP) is 5.38. The number of methoxy groups -OCH3 is 2. The van der Waals surface area contributed by atoms with Crippen molar-refractivity contribution in [2.45, 2.75) is 39.2 Å². The van der Waals surface area contributed by atoms with Crippen molar-refractivity contribution in [2.24, 2.45) is 0 Å². The van der Waals surface area contributed by atoms with Gasteiger partial charge in [0.2, 0.25) is 0 Å². The Morgan fingerprint density at radius 1 is 1.03 bits per heavy atom. The summed E-state index contributed by atoms with van der Waals surface area (Å²) in [6, 6.07) is 9.74. The first-order chi connectivity index (χ1) is 16.0. The van der Waals surface area contributed by atoms with Gasteiger partial charge in [0.1, 0.15) is 16.4 Å². The van der Waals surface area contributed by atoms with Crippen molar-refractivity contribution in [3.8, 4) is 17.2 Å². The number of benzene rings is 2. The van der Waals surface area contributed by atoms with Crippen molar-refractivity contribution in [3.63, 3.8) is 0 Å². The lowest BCUT2D eigenvalue weighted by Crippen LogP contribution is -2.31. The average Bonchev–Trinajstić information content (AvgIpc) is 2.83. The van der Waals surface area contributed by atoms with Gasteiger partial charge >= 0.3 is 5.63 Å². The summed E-state index contributed by atoms with van der Waals surface area (Å²) in [5, 5.41) is 0.957. The Bertz CT molecular complexity index is 1190. The van der Waals surface area contributed by atoms with Gasteiger partial charge < -0.3 is 18.6 Å². The third-order valence-electron chi connectivity index (χ3n) is 6.25. The Labute approximate surface area is 199 Å². The van der Waals surface area contributed by atoms with E-state index < -0.39 is 5.63 Å². The molecule has 0 amide bonds. The van der Waals surface area contributed by atoms with E-state index in [9.17, 15) is 4.79 Å². The van der Waals surface area contributed by atoms with E-state index >= 15 is 0 Å². The summed E-state index contributed by atoms with van der Waals surface area (Å²) in [5.41, 5.74) is 3.38. The summed E-state index contributed by atoms with van der Waals surface area (Å²) < 4.78 is 22.0. The number of hydrogen-bond donors (Lipinski definition) is 0. The molecule has 0 spiro atoms. The number of hydrogen-bond acceptors (Lipinski definition) is 6. The standard InChI is InChI=1S/C26H30ClNO5/c1-17-21-8-7-20(15-22(21)33-26(29)25(17)27)32-12-6-4-5-10-28-11-9-18-13-23(30-2)24(31-3)14-19(18)16-28/h7-8,13-15H,4-6,9-12,16H2,1-3H3. The maximum Gasteiger partial charge on any atom is 0.355 e. The molecule has 0 N–H and O–H groups in total. The number of fused-ring (bicyclic) bond motifs is 2. The Morgan fingerprint density at radius 2 is 1.79 bits per heavy atom. The van der Waals surface area contributed by atoms with Crippen molar-refractivity contribution < 1.29 is 18.6 Å². The van der Waals surface area contributed by atoms with Crippen LogP contribution >= 0.6 is 11.6 Å². The molecular formula is C26H30ClNO5. The summed E-state index contributed by atoms with van der Waals surface area (Å²) in [7, 11) is 3.36. The summed E-state index contributed by atoms with van der Waals surface area (Å²) in [4.78, 5) is 14.3. The first-order valence-electron chi connectivity index (χ1n) is 11.3. The van der Waals surface area contributed by atoms with Crippen molar-refractivity contribution in [1.29, 1.82) is 0 Å². The van der Waals surface area contributed by atoms with Crippen LogP contribution in [0.3, 0.4) is 0 Å². The number of nitrogens with zero attached hydrogens (tertiary/aromatic N) is 1. The Balaban J connectivity index is 1.22. The molecular weight excluding hydrogens is 442 g/mol. The van der Waals surface area contributed by atoms with E-state index in [1.54, 1.807) is 20.3 Å². The maximum atomic E-state index is 11.8. The van der Waals surface area contributed by atoms with Crippen LogP contribution in [0.2, 0.25) is 5.02 Å². The van der Waals surface area contributed by atoms with Crippen LogP contribution < -0.4 is 19.8 Å². The lowest BCUT2D eigenvalue weighted by molar-refractivity contribution is 0.241. The molecule has 1 aromatic heterocycles. The molecule has 0 aliphatic carbocycles. The number of unbranched alkanes of at least 4 members (excludes halogenated alkanes) is 2. The van der Waals surface area contributed by atoms with Gasteiger partial charge in [-0.25, -0.2) is 4.79 Å². The van der Waals surface area contributed by atoms with Gasteiger partial charge in [-0.05, 0) is 80.1 Å². The highest BCUT2D eigenvalue weighted by molar-refractivity contribution is 6.31. The molecule has 1 aliphatic rings. The van der Waals surface area contributed by atoms with E-state index in [1.807, 2.05) is 19.1 Å². The fraction of sp³-hybridized carbons (Fsp3) is 0.423. The van der Waals surface area contributed by atoms with Crippen LogP contribution in [0.5, 0.6) is 17.2 Å². The summed E-state index contributed by atoms with van der Waals surface area (Å²) in [6.07, 6.45) is 4.21. The zero-order chi connectivity index (χ0) is 23.4. The molecule has 1 aliphatic heterocycles. The summed E-state index contributed by atoms with van der Waals surface area (Å²) >= 11 is 5.98. The molecule has 0 unspecified atom stereocenters. The van der Waals surface area contributed by atoms with Gasteiger partial charge in [0.05, 0.1) is 20.8 Å². The van der Waals surface area contributed by atoms with Gasteiger partial charge in [-0.15, -0.1) is 0 Å². The lowest BCUT2D eigenvalue weighted by atomic mass is 9.98. The van der Waals surface area contributed by atoms with Crippen molar-refractivity contribution >= 4 is 22.6 Å². The second-order valence-electron chi connectivity index (χ2n) is 8.40. The van der Waals surface area contributed by atoms with E-state index in [0.29, 0.717) is 17.9 Å². The molecule has 3 aromatic rings. The van der Waals surface area contributed by atoms with Crippen LogP contribution in [0, 0.1) is 6.92 Å². The zero-order valence-electron chi connectivity index (χ0n) is 19.4. The maximum absolute atomic E-state index is 11.8. The minimum absolute atomic E-state index is 0.132. The monoisotopic (exact) mass is 471 g/mol. The molecule has 0 atom stereocenters. The lowest BCUT2D eigenvalue weighted by Gasteiger charge is -2.29. The molecule has 0 saturated carbocycles. The van der Waals surface area contributed by atoms with Gasteiger partial charge in [0, 0.05) is 24.5 Å². The van der Waals surface area contributed by atoms with E-state index in [-0.39, 0.29) is 5.02 Å². The number of rotatable bonds is 9. The number of ether oxygens (including phenoxy) is 3. The molecule has 2 aromatic carbocycles. The van der Waals surface area contributed by atoms with Crippen molar-refractivity contribution in [1.82, 2.24) is 4.90 Å². The summed E-state index contributed by atoms with van der Waals surface area (Å²) in [5.74, 6) is 2.29. The molecule has 33 heavy (non-hydrogen) atoms. The first kappa shape index (κ1) is 23.5. The number of halogens is 1. The fourth-order valence-corrected chi connectivity index (χ4v) is 4.48. The van der Waals surface area contributed by atoms with Crippen LogP contribution in [-0.2, 0) is 13.0 Å². The average molecular weight is 472 g/mol. The van der Waals surface area contributed by atoms with Gasteiger partial charge in [-0.1, -0.05) is 11.6 Å². The van der Waals surface area contributed by atoms with Crippen LogP contribution in [-0.4, -0.2) is 38.8 Å². The second kappa shape index (κ2) is 10.5. The minimum atomic E-state index is -0.517. The van der Waals surface area contributed by atoms with Crippen molar-refractivity contribution in [3.05, 3.63) is 62.5 Å². The molecule has 176 valence electrons. The molecule has 0 fully saturated rings. The molecule has 7 heteroatoms. The van der Waals surface area contributed by atoms with E-state index in [2.05, 4.69) is 17.0 Å². The Hall–Kier alpha value is -2.70. The van der Waals surface area contributed by atoms with Gasteiger partial charge in [0.15, 0.2) is 11.5 Å². The number of aryl methyl sites for hydroxylation is 1. The quantitative estimate of drug-likeness (QED) is 0.308. The van der Waals surface area contributed by atoms with Crippen LogP contribution in [0.25, 0.3) is 11.0 Å². The molecule has 0 saturated heterocycles. The zero-order valence-corrected chi connectivity index (χ0v) is 20.2. The third-order valence-corrected chi connectivity index (χ3v) is 6.69. The van der Waals surface area contributed by atoms with E-state index in [0.717, 1.165) is 67.8 Å². The smallest absolute Gasteiger partial charge is 0.355 e. The van der Waals surface area contributed by atoms with Crippen LogP contribution in [0.4, 0.5) is 0 Å². The molecule has 2 heterocycles. The van der Waals surface area contributed by atoms with E-state index in [4.69, 9.17) is 30.2 Å². The summed E-state index contributed by atoms with van der Waals surface area (Å²) in [6.45, 7) is 5.51. The highest BCUT2D eigenvalue weighted by Crippen LogP contribution is 2.33. The van der Waals surface area contributed by atoms with Crippen molar-refractivity contribution in [2.75, 3.05) is 33.9 Å². The minimum Gasteiger partial charge on any atom is -0.493 e. The van der Waals surface area contributed by atoms with Gasteiger partial charge in [-0.3, -0.25) is 4.90 Å². The topological polar surface area (TPSA) is 61.1 Å². The largest absolute Gasteiger partial charge is 0.493 e.